The Balaban J connectivity index is 1.81. The molecule has 1 N–H and O–H groups in total. The summed E-state index contributed by atoms with van der Waals surface area (Å²) < 4.78 is 12.0. The first kappa shape index (κ1) is 18.4. The maximum absolute atomic E-state index is 12.6. The quantitative estimate of drug-likeness (QED) is 0.723. The fourth-order valence-electron chi connectivity index (χ4n) is 2.96. The molecule has 0 aliphatic heterocycles. The Morgan fingerprint density at radius 3 is 2.70 bits per heavy atom. The average molecular weight is 367 g/mol. The Labute approximate surface area is 156 Å². The highest BCUT2D eigenvalue weighted by Gasteiger charge is 2.16. The van der Waals surface area contributed by atoms with Gasteiger partial charge in [0.1, 0.15) is 18.0 Å². The molecule has 0 aliphatic rings. The van der Waals surface area contributed by atoms with E-state index in [0.29, 0.717) is 22.5 Å². The first-order chi connectivity index (χ1) is 13.0. The number of hydrogen-bond donors (Lipinski definition) is 1. The van der Waals surface area contributed by atoms with Gasteiger partial charge < -0.3 is 14.8 Å². The number of fused-ring (bicyclic) bond motifs is 1. The Hall–Kier alpha value is -3.35. The molecule has 27 heavy (non-hydrogen) atoms. The van der Waals surface area contributed by atoms with Gasteiger partial charge in [0.15, 0.2) is 0 Å². The van der Waals surface area contributed by atoms with E-state index in [1.807, 2.05) is 25.1 Å². The number of para-hydroxylation sites is 2. The van der Waals surface area contributed by atoms with E-state index < -0.39 is 0 Å². The molecule has 1 heterocycles. The van der Waals surface area contributed by atoms with Crippen molar-refractivity contribution in [3.63, 3.8) is 0 Å². The molecule has 2 aromatic carbocycles. The Morgan fingerprint density at radius 2 is 1.96 bits per heavy atom. The normalized spacial score (nSPS) is 11.8. The highest BCUT2D eigenvalue weighted by molar-refractivity contribution is 5.80. The van der Waals surface area contributed by atoms with Crippen molar-refractivity contribution in [1.29, 1.82) is 0 Å². The van der Waals surface area contributed by atoms with Crippen molar-refractivity contribution in [2.45, 2.75) is 19.5 Å². The van der Waals surface area contributed by atoms with Gasteiger partial charge in [0.05, 0.1) is 37.5 Å². The summed E-state index contributed by atoms with van der Waals surface area (Å²) in [7, 11) is 3.14. The van der Waals surface area contributed by atoms with Crippen molar-refractivity contribution in [2.24, 2.45) is 0 Å². The number of ether oxygens (including phenoxy) is 2. The smallest absolute Gasteiger partial charge is 0.269 e. The number of hydrogen-bond acceptors (Lipinski definition) is 5. The van der Waals surface area contributed by atoms with Gasteiger partial charge in [-0.2, -0.15) is 0 Å². The van der Waals surface area contributed by atoms with Crippen LogP contribution < -0.4 is 20.3 Å². The third kappa shape index (κ3) is 3.92. The van der Waals surface area contributed by atoms with Crippen molar-refractivity contribution in [3.05, 3.63) is 64.6 Å². The van der Waals surface area contributed by atoms with Gasteiger partial charge in [0, 0.05) is 11.6 Å². The predicted molar refractivity (Wildman–Crippen MR) is 102 cm³/mol. The molecule has 1 unspecified atom stereocenters. The Morgan fingerprint density at radius 1 is 1.19 bits per heavy atom. The summed E-state index contributed by atoms with van der Waals surface area (Å²) in [6.45, 7) is 1.76. The lowest BCUT2D eigenvalue weighted by molar-refractivity contribution is -0.122. The average Bonchev–Trinajstić information content (AvgIpc) is 2.69. The molecule has 0 saturated heterocycles. The summed E-state index contributed by atoms with van der Waals surface area (Å²) in [5.74, 6) is 1.01. The molecule has 1 atom stereocenters. The van der Waals surface area contributed by atoms with E-state index in [4.69, 9.17) is 9.47 Å². The van der Waals surface area contributed by atoms with Crippen LogP contribution in [0, 0.1) is 0 Å². The van der Waals surface area contributed by atoms with Crippen LogP contribution in [-0.4, -0.2) is 29.7 Å². The van der Waals surface area contributed by atoms with Crippen molar-refractivity contribution >= 4 is 16.9 Å². The van der Waals surface area contributed by atoms with Crippen molar-refractivity contribution < 1.29 is 14.3 Å². The lowest BCUT2D eigenvalue weighted by Gasteiger charge is -2.18. The van der Waals surface area contributed by atoms with E-state index in [1.165, 1.54) is 10.8 Å². The Bertz CT molecular complexity index is 1030. The molecule has 0 radical (unpaired) electrons. The van der Waals surface area contributed by atoms with Crippen LogP contribution in [0.4, 0.5) is 0 Å². The van der Waals surface area contributed by atoms with Crippen LogP contribution in [0.3, 0.4) is 0 Å². The predicted octanol–water partition coefficient (Wildman–Crippen LogP) is 2.29. The largest absolute Gasteiger partial charge is 0.497 e. The zero-order valence-electron chi connectivity index (χ0n) is 15.4. The first-order valence-electron chi connectivity index (χ1n) is 8.49. The van der Waals surface area contributed by atoms with E-state index in [9.17, 15) is 9.59 Å². The minimum atomic E-state index is -0.321. The number of nitrogens with zero attached hydrogens (tertiary/aromatic N) is 2. The standard InChI is InChI=1S/C20H21N3O4/c1-13(15-9-8-14(26-2)10-18(15)27-3)22-19(24)12-23-17-7-5-4-6-16(17)21-11-20(23)25/h4-11,13H,12H2,1-3H3,(H,22,24). The highest BCUT2D eigenvalue weighted by Crippen LogP contribution is 2.29. The van der Waals surface area contributed by atoms with Crippen molar-refractivity contribution in [1.82, 2.24) is 14.9 Å². The first-order valence-corrected chi connectivity index (χ1v) is 8.49. The van der Waals surface area contributed by atoms with Crippen molar-refractivity contribution in [2.75, 3.05) is 14.2 Å². The van der Waals surface area contributed by atoms with E-state index >= 15 is 0 Å². The molecule has 7 nitrogen and oxygen atoms in total. The lowest BCUT2D eigenvalue weighted by atomic mass is 10.1. The second-order valence-corrected chi connectivity index (χ2v) is 6.07. The monoisotopic (exact) mass is 367 g/mol. The number of methoxy groups -OCH3 is 2. The van der Waals surface area contributed by atoms with Crippen LogP contribution in [0.15, 0.2) is 53.5 Å². The third-order valence-corrected chi connectivity index (χ3v) is 4.34. The van der Waals surface area contributed by atoms with Gasteiger partial charge in [-0.05, 0) is 31.2 Å². The summed E-state index contributed by atoms with van der Waals surface area (Å²) in [5.41, 5.74) is 1.78. The molecule has 3 aromatic rings. The molecule has 1 aromatic heterocycles. The lowest BCUT2D eigenvalue weighted by Crippen LogP contribution is -2.34. The number of rotatable bonds is 6. The van der Waals surface area contributed by atoms with Crippen LogP contribution in [-0.2, 0) is 11.3 Å². The van der Waals surface area contributed by atoms with Gasteiger partial charge in [-0.25, -0.2) is 4.98 Å². The second-order valence-electron chi connectivity index (χ2n) is 6.07. The molecule has 0 bridgehead atoms. The summed E-state index contributed by atoms with van der Waals surface area (Å²) in [6, 6.07) is 12.3. The van der Waals surface area contributed by atoms with Gasteiger partial charge in [-0.3, -0.25) is 14.2 Å². The van der Waals surface area contributed by atoms with E-state index in [0.717, 1.165) is 5.56 Å². The van der Waals surface area contributed by atoms with Crippen LogP contribution in [0.1, 0.15) is 18.5 Å². The number of carbonyl (C=O) groups excluding carboxylic acids is 1. The zero-order chi connectivity index (χ0) is 19.4. The number of carbonyl (C=O) groups is 1. The molecule has 0 fully saturated rings. The van der Waals surface area contributed by atoms with Gasteiger partial charge in [-0.1, -0.05) is 12.1 Å². The number of aromatic nitrogens is 2. The minimum absolute atomic E-state index is 0.0926. The molecular weight excluding hydrogens is 346 g/mol. The third-order valence-electron chi connectivity index (χ3n) is 4.34. The van der Waals surface area contributed by atoms with Crippen LogP contribution in [0.25, 0.3) is 11.0 Å². The summed E-state index contributed by atoms with van der Waals surface area (Å²) in [5, 5.41) is 2.91. The van der Waals surface area contributed by atoms with Gasteiger partial charge >= 0.3 is 0 Å². The van der Waals surface area contributed by atoms with Gasteiger partial charge in [0.2, 0.25) is 5.91 Å². The number of amides is 1. The van der Waals surface area contributed by atoms with E-state index in [-0.39, 0.29) is 24.1 Å². The zero-order valence-corrected chi connectivity index (χ0v) is 15.4. The van der Waals surface area contributed by atoms with E-state index in [1.54, 1.807) is 38.5 Å². The second kappa shape index (κ2) is 7.90. The molecular formula is C20H21N3O4. The van der Waals surface area contributed by atoms with E-state index in [2.05, 4.69) is 10.3 Å². The fraction of sp³-hybridized carbons (Fsp3) is 0.250. The van der Waals surface area contributed by atoms with Gasteiger partial charge in [0.25, 0.3) is 5.56 Å². The van der Waals surface area contributed by atoms with Crippen molar-refractivity contribution in [3.8, 4) is 11.5 Å². The topological polar surface area (TPSA) is 82.5 Å². The molecule has 0 spiro atoms. The highest BCUT2D eigenvalue weighted by atomic mass is 16.5. The number of nitrogens with one attached hydrogen (secondary N) is 1. The molecule has 0 aliphatic carbocycles. The van der Waals surface area contributed by atoms with Gasteiger partial charge in [-0.15, -0.1) is 0 Å². The molecule has 140 valence electrons. The van der Waals surface area contributed by atoms with Crippen LogP contribution >= 0.6 is 0 Å². The molecule has 0 saturated carbocycles. The molecule has 7 heteroatoms. The van der Waals surface area contributed by atoms with Crippen LogP contribution in [0.2, 0.25) is 0 Å². The summed E-state index contributed by atoms with van der Waals surface area (Å²) in [4.78, 5) is 28.8. The molecule has 1 amide bonds. The maximum Gasteiger partial charge on any atom is 0.269 e. The summed E-state index contributed by atoms with van der Waals surface area (Å²) in [6.07, 6.45) is 1.23. The fourth-order valence-corrected chi connectivity index (χ4v) is 2.96. The number of benzene rings is 2. The Kier molecular flexibility index (Phi) is 5.40. The summed E-state index contributed by atoms with van der Waals surface area (Å²) >= 11 is 0. The van der Waals surface area contributed by atoms with Crippen LogP contribution in [0.5, 0.6) is 11.5 Å². The maximum atomic E-state index is 12.6. The minimum Gasteiger partial charge on any atom is -0.497 e. The SMILES string of the molecule is COc1ccc(C(C)NC(=O)Cn2c(=O)cnc3ccccc32)c(OC)c1. The molecule has 3 rings (SSSR count).